The molecule has 1 N–H and O–H groups in total. The topological polar surface area (TPSA) is 134 Å². The molecule has 1 saturated heterocycles. The molecule has 3 aromatic rings. The van der Waals surface area contributed by atoms with Gasteiger partial charge in [-0.25, -0.2) is 8.60 Å². The van der Waals surface area contributed by atoms with Crippen molar-refractivity contribution in [2.45, 2.75) is 56.7 Å². The maximum Gasteiger partial charge on any atom is 0.293 e. The second-order valence-electron chi connectivity index (χ2n) is 14.6. The SMILES string of the molecule is COc1nn(C)cc1C(=O)N=S1(=O)C[C@@H](C)C/C=C(\F)[C@H](OC)[C@@H]2OCC[C@H]2CN2C[C@@]3(CCCc4cc(Cl)ccc43)COc3ccc(cc32)C(=O)N1. The van der Waals surface area contributed by atoms with E-state index in [1.807, 2.05) is 12.1 Å². The zero-order chi connectivity index (χ0) is 37.5. The number of methoxy groups -OCH3 is 2. The molecule has 4 heterocycles. The monoisotopic (exact) mass is 769 g/mol. The number of carbonyl (C=O) groups is 2. The molecule has 1 aliphatic carbocycles. The molecule has 1 unspecified atom stereocenters. The van der Waals surface area contributed by atoms with Crippen LogP contribution in [0, 0.1) is 11.8 Å². The number of ether oxygens (including phenoxy) is 4. The van der Waals surface area contributed by atoms with E-state index in [0.29, 0.717) is 49.2 Å². The van der Waals surface area contributed by atoms with Crippen molar-refractivity contribution in [3.8, 4) is 11.6 Å². The number of halogens is 2. The number of amides is 2. The van der Waals surface area contributed by atoms with E-state index in [1.54, 1.807) is 32.2 Å². The average molecular weight is 770 g/mol. The summed E-state index contributed by atoms with van der Waals surface area (Å²) >= 11 is 6.44. The van der Waals surface area contributed by atoms with Crippen molar-refractivity contribution in [1.82, 2.24) is 14.5 Å². The first-order valence-corrected chi connectivity index (χ1v) is 20.0. The Hall–Kier alpha value is -3.98. The van der Waals surface area contributed by atoms with Crippen molar-refractivity contribution in [2.75, 3.05) is 51.2 Å². The Bertz CT molecular complexity index is 2070. The minimum atomic E-state index is -3.76. The Morgan fingerprint density at radius 3 is 2.85 bits per heavy atom. The van der Waals surface area contributed by atoms with Crippen molar-refractivity contribution < 1.29 is 37.1 Å². The van der Waals surface area contributed by atoms with Crippen molar-refractivity contribution in [1.29, 1.82) is 0 Å². The Balaban J connectivity index is 1.33. The zero-order valence-electron chi connectivity index (χ0n) is 30.3. The Morgan fingerprint density at radius 2 is 2.06 bits per heavy atom. The molecule has 53 heavy (non-hydrogen) atoms. The molecule has 2 bridgehead atoms. The van der Waals surface area contributed by atoms with Crippen LogP contribution in [-0.4, -0.2) is 84.3 Å². The Labute approximate surface area is 314 Å². The summed E-state index contributed by atoms with van der Waals surface area (Å²) in [6, 6.07) is 11.1. The molecule has 284 valence electrons. The molecule has 0 saturated carbocycles. The van der Waals surface area contributed by atoms with Crippen LogP contribution in [0.3, 0.4) is 0 Å². The number of nitrogens with one attached hydrogen (secondary N) is 1. The smallest absolute Gasteiger partial charge is 0.293 e. The highest BCUT2D eigenvalue weighted by molar-refractivity contribution is 7.92. The van der Waals surface area contributed by atoms with E-state index in [1.165, 1.54) is 42.3 Å². The number of hydrogen-bond donors (Lipinski definition) is 1. The van der Waals surface area contributed by atoms with Crippen LogP contribution in [0.25, 0.3) is 0 Å². The summed E-state index contributed by atoms with van der Waals surface area (Å²) in [7, 11) is 0.680. The van der Waals surface area contributed by atoms with Crippen LogP contribution < -0.4 is 19.1 Å². The molecule has 4 aliphatic rings. The van der Waals surface area contributed by atoms with Gasteiger partial charge in [0.05, 0.1) is 31.3 Å². The van der Waals surface area contributed by atoms with Crippen LogP contribution in [0.5, 0.6) is 11.6 Å². The number of hydrogen-bond acceptors (Lipinski definition) is 9. The maximum absolute atomic E-state index is 16.1. The van der Waals surface area contributed by atoms with E-state index in [2.05, 4.69) is 25.1 Å². The molecule has 1 spiro atoms. The quantitative estimate of drug-likeness (QED) is 0.350. The van der Waals surface area contributed by atoms with Crippen LogP contribution in [0.2, 0.25) is 5.02 Å². The lowest BCUT2D eigenvalue weighted by Crippen LogP contribution is -2.48. The number of nitrogens with zero attached hydrogens (tertiary/aromatic N) is 4. The van der Waals surface area contributed by atoms with Crippen molar-refractivity contribution in [3.05, 3.63) is 81.8 Å². The summed E-state index contributed by atoms with van der Waals surface area (Å²) in [5, 5.41) is 4.79. The number of aryl methyl sites for hydroxylation is 2. The van der Waals surface area contributed by atoms with Gasteiger partial charge in [0.2, 0.25) is 5.88 Å². The van der Waals surface area contributed by atoms with E-state index in [-0.39, 0.29) is 35.1 Å². The number of anilines is 1. The fraction of sp³-hybridized carbons (Fsp3) is 0.500. The summed E-state index contributed by atoms with van der Waals surface area (Å²) in [4.78, 5) is 29.8. The van der Waals surface area contributed by atoms with Gasteiger partial charge >= 0.3 is 0 Å². The first-order chi connectivity index (χ1) is 25.4. The highest BCUT2D eigenvalue weighted by Gasteiger charge is 2.45. The lowest BCUT2D eigenvalue weighted by atomic mass is 9.70. The molecule has 3 aliphatic heterocycles. The molecule has 1 aromatic heterocycles. The molecule has 12 nitrogen and oxygen atoms in total. The van der Waals surface area contributed by atoms with Gasteiger partial charge in [0.15, 0.2) is 0 Å². The summed E-state index contributed by atoms with van der Waals surface area (Å²) in [6.45, 7) is 3.65. The minimum Gasteiger partial charge on any atom is -0.490 e. The third-order valence-electron chi connectivity index (χ3n) is 10.8. The van der Waals surface area contributed by atoms with Gasteiger partial charge in [-0.3, -0.25) is 19.0 Å². The maximum atomic E-state index is 16.1. The van der Waals surface area contributed by atoms with E-state index < -0.39 is 51.1 Å². The number of rotatable bonds is 3. The predicted molar refractivity (Wildman–Crippen MR) is 199 cm³/mol. The lowest BCUT2D eigenvalue weighted by Gasteiger charge is -2.42. The average Bonchev–Trinajstić information content (AvgIpc) is 3.71. The minimum absolute atomic E-state index is 0.00665. The van der Waals surface area contributed by atoms with Gasteiger partial charge in [0.25, 0.3) is 11.8 Å². The van der Waals surface area contributed by atoms with E-state index >= 15 is 4.39 Å². The third kappa shape index (κ3) is 7.56. The van der Waals surface area contributed by atoms with Gasteiger partial charge in [-0.2, -0.15) is 0 Å². The Morgan fingerprint density at radius 1 is 1.23 bits per heavy atom. The lowest BCUT2D eigenvalue weighted by molar-refractivity contribution is -0.0322. The van der Waals surface area contributed by atoms with Crippen LogP contribution in [-0.2, 0) is 38.3 Å². The van der Waals surface area contributed by atoms with E-state index in [0.717, 1.165) is 19.3 Å². The standard InChI is InChI=1S/C38H45ClFN5O7S/c1-23-7-11-30(40)34(49-3)33-26(13-15-51-33)18-45-21-38(14-5-6-24-16-27(39)9-10-29(24)38)22-52-32-12-8-25(17-31(32)45)35(46)42-53(48,20-23)43-36(47)28-19-44(2)41-37(28)50-4/h8-12,16-17,19,23,26,33-34H,5-7,13-15,18,20-22H2,1-4H3,(H,42,43,46,47,48)/b30-11-/t23-,26-,33+,34-,38-,53?/m0/s1. The molecule has 1 fully saturated rings. The Kier molecular flexibility index (Phi) is 10.6. The van der Waals surface area contributed by atoms with E-state index in [9.17, 15) is 13.8 Å². The van der Waals surface area contributed by atoms with Gasteiger partial charge in [-0.15, -0.1) is 9.46 Å². The van der Waals surface area contributed by atoms with Crippen molar-refractivity contribution in [2.24, 2.45) is 23.2 Å². The zero-order valence-corrected chi connectivity index (χ0v) is 31.9. The van der Waals surface area contributed by atoms with E-state index in [4.69, 9.17) is 30.5 Å². The van der Waals surface area contributed by atoms with Crippen molar-refractivity contribution in [3.63, 3.8) is 0 Å². The molecular weight excluding hydrogens is 725 g/mol. The van der Waals surface area contributed by atoms with Crippen LogP contribution in [0.4, 0.5) is 10.1 Å². The highest BCUT2D eigenvalue weighted by atomic mass is 35.5. The van der Waals surface area contributed by atoms with Gasteiger partial charge in [-0.05, 0) is 85.6 Å². The van der Waals surface area contributed by atoms with Gasteiger partial charge in [0.1, 0.15) is 33.2 Å². The molecule has 0 radical (unpaired) electrons. The molecule has 2 amide bonds. The molecule has 6 atom stereocenters. The van der Waals surface area contributed by atoms with Gasteiger partial charge < -0.3 is 23.8 Å². The number of aromatic nitrogens is 2. The van der Waals surface area contributed by atoms with Gasteiger partial charge in [-0.1, -0.05) is 24.6 Å². The number of allylic oxidation sites excluding steroid dienone is 1. The summed E-state index contributed by atoms with van der Waals surface area (Å²) in [5.41, 5.74) is 2.86. The number of fused-ring (bicyclic) bond motifs is 4. The normalized spacial score (nSPS) is 29.9. The fourth-order valence-corrected chi connectivity index (χ4v) is 10.3. The molecule has 7 rings (SSSR count). The number of benzene rings is 2. The van der Waals surface area contributed by atoms with Crippen LogP contribution in [0.1, 0.15) is 64.4 Å². The second-order valence-corrected chi connectivity index (χ2v) is 17.1. The first-order valence-electron chi connectivity index (χ1n) is 17.9. The first kappa shape index (κ1) is 37.3. The van der Waals surface area contributed by atoms with Crippen LogP contribution >= 0.6 is 11.6 Å². The fourth-order valence-electron chi connectivity index (χ4n) is 8.27. The summed E-state index contributed by atoms with van der Waals surface area (Å²) in [6.07, 6.45) is 4.86. The summed E-state index contributed by atoms with van der Waals surface area (Å²) in [5.74, 6) is -2.25. The van der Waals surface area contributed by atoms with Crippen molar-refractivity contribution >= 4 is 39.0 Å². The predicted octanol–water partition coefficient (Wildman–Crippen LogP) is 5.82. The van der Waals surface area contributed by atoms with Crippen LogP contribution in [0.15, 0.2) is 58.9 Å². The molecule has 15 heteroatoms. The van der Waals surface area contributed by atoms with Gasteiger partial charge in [0, 0.05) is 62.0 Å². The largest absolute Gasteiger partial charge is 0.490 e. The summed E-state index contributed by atoms with van der Waals surface area (Å²) < 4.78 is 62.5. The second kappa shape index (κ2) is 15.0. The highest BCUT2D eigenvalue weighted by Crippen LogP contribution is 2.45. The molecule has 2 aromatic carbocycles. The molecular formula is C38H45ClFN5O7S. The number of carbonyl (C=O) groups excluding carboxylic acids is 2. The third-order valence-corrected chi connectivity index (χ3v) is 13.0.